The van der Waals surface area contributed by atoms with Crippen molar-refractivity contribution < 1.29 is 28.1 Å². The Morgan fingerprint density at radius 3 is 2.52 bits per heavy atom. The van der Waals surface area contributed by atoms with E-state index >= 15 is 0 Å². The van der Waals surface area contributed by atoms with E-state index in [1.807, 2.05) is 4.98 Å². The second-order valence-electron chi connectivity index (χ2n) is 4.78. The number of H-pyrrole nitrogens is 1. The molecule has 118 valence electrons. The van der Waals surface area contributed by atoms with Crippen LogP contribution in [0, 0.1) is 12.8 Å². The number of rotatable bonds is 2. The Kier molecular flexibility index (Phi) is 3.95. The van der Waals surface area contributed by atoms with E-state index in [9.17, 15) is 27.9 Å². The van der Waals surface area contributed by atoms with Crippen LogP contribution in [0.5, 0.6) is 0 Å². The van der Waals surface area contributed by atoms with Crippen LogP contribution >= 0.6 is 0 Å². The summed E-state index contributed by atoms with van der Waals surface area (Å²) in [7, 11) is 0. The topological polar surface area (TPSA) is 105 Å². The molecule has 2 rings (SSSR count). The number of aromatic nitrogens is 2. The lowest BCUT2D eigenvalue weighted by molar-refractivity contribution is -0.205. The number of halogens is 3. The van der Waals surface area contributed by atoms with Crippen LogP contribution in [0.2, 0.25) is 0 Å². The smallest absolute Gasteiger partial charge is 0.394 e. The summed E-state index contributed by atoms with van der Waals surface area (Å²) >= 11 is 0. The molecule has 0 bridgehead atoms. The van der Waals surface area contributed by atoms with E-state index < -0.39 is 48.4 Å². The van der Waals surface area contributed by atoms with Crippen LogP contribution in [0.4, 0.5) is 13.2 Å². The highest BCUT2D eigenvalue weighted by Crippen LogP contribution is 2.42. The zero-order valence-corrected chi connectivity index (χ0v) is 10.8. The average molecular weight is 310 g/mol. The number of aryl methyl sites for hydroxylation is 1. The number of hydrogen-bond acceptors (Lipinski definition) is 5. The van der Waals surface area contributed by atoms with Gasteiger partial charge in [0.1, 0.15) is 12.0 Å². The predicted octanol–water partition coefficient (Wildman–Crippen LogP) is -0.726. The third-order valence-corrected chi connectivity index (χ3v) is 3.35. The van der Waals surface area contributed by atoms with Gasteiger partial charge in [-0.3, -0.25) is 14.3 Å². The van der Waals surface area contributed by atoms with E-state index in [1.165, 1.54) is 6.92 Å². The summed E-state index contributed by atoms with van der Waals surface area (Å²) in [5.74, 6) is -2.33. The normalized spacial score (nSPS) is 29.8. The predicted molar refractivity (Wildman–Crippen MR) is 62.6 cm³/mol. The molecule has 0 amide bonds. The van der Waals surface area contributed by atoms with Crippen LogP contribution in [-0.2, 0) is 4.74 Å². The fourth-order valence-corrected chi connectivity index (χ4v) is 2.31. The Labute approximate surface area is 115 Å². The van der Waals surface area contributed by atoms with Crippen molar-refractivity contribution in [2.45, 2.75) is 31.5 Å². The number of ether oxygens (including phenoxy) is 1. The van der Waals surface area contributed by atoms with Crippen molar-refractivity contribution in [1.82, 2.24) is 9.55 Å². The van der Waals surface area contributed by atoms with Crippen molar-refractivity contribution in [3.8, 4) is 0 Å². The van der Waals surface area contributed by atoms with Crippen molar-refractivity contribution in [2.75, 3.05) is 6.61 Å². The summed E-state index contributed by atoms with van der Waals surface area (Å²) in [4.78, 5) is 24.8. The van der Waals surface area contributed by atoms with E-state index in [2.05, 4.69) is 0 Å². The van der Waals surface area contributed by atoms with Gasteiger partial charge in [0, 0.05) is 11.8 Å². The summed E-state index contributed by atoms with van der Waals surface area (Å²) in [5, 5.41) is 18.8. The minimum absolute atomic E-state index is 0.0707. The third kappa shape index (κ3) is 2.74. The molecule has 0 aliphatic carbocycles. The van der Waals surface area contributed by atoms with Crippen LogP contribution in [0.25, 0.3) is 0 Å². The first-order chi connectivity index (χ1) is 9.66. The van der Waals surface area contributed by atoms with Gasteiger partial charge in [0.15, 0.2) is 6.23 Å². The summed E-state index contributed by atoms with van der Waals surface area (Å²) < 4.78 is 44.3. The van der Waals surface area contributed by atoms with Crippen LogP contribution in [0.15, 0.2) is 15.8 Å². The largest absolute Gasteiger partial charge is 0.397 e. The molecule has 1 aromatic heterocycles. The van der Waals surface area contributed by atoms with Crippen LogP contribution < -0.4 is 11.2 Å². The quantitative estimate of drug-likeness (QED) is 0.668. The second-order valence-corrected chi connectivity index (χ2v) is 4.78. The fourth-order valence-electron chi connectivity index (χ4n) is 2.31. The molecule has 2 heterocycles. The van der Waals surface area contributed by atoms with E-state index in [1.54, 1.807) is 0 Å². The zero-order chi connectivity index (χ0) is 15.9. The first-order valence-electron chi connectivity index (χ1n) is 6.00. The number of alkyl halides is 3. The molecular weight excluding hydrogens is 297 g/mol. The monoisotopic (exact) mass is 310 g/mol. The van der Waals surface area contributed by atoms with Gasteiger partial charge >= 0.3 is 11.9 Å². The molecule has 1 fully saturated rings. The number of hydrogen-bond donors (Lipinski definition) is 3. The van der Waals surface area contributed by atoms with Crippen LogP contribution in [-0.4, -0.2) is 44.8 Å². The number of aliphatic hydroxyl groups excluding tert-OH is 2. The molecule has 1 aliphatic rings. The molecule has 4 atom stereocenters. The first kappa shape index (κ1) is 15.7. The van der Waals surface area contributed by atoms with Gasteiger partial charge in [-0.25, -0.2) is 4.79 Å². The van der Waals surface area contributed by atoms with E-state index in [-0.39, 0.29) is 5.56 Å². The van der Waals surface area contributed by atoms with Gasteiger partial charge in [-0.2, -0.15) is 13.2 Å². The Morgan fingerprint density at radius 2 is 2.05 bits per heavy atom. The highest BCUT2D eigenvalue weighted by atomic mass is 19.4. The maximum Gasteiger partial charge on any atom is 0.397 e. The molecule has 7 nitrogen and oxygen atoms in total. The number of nitrogens with zero attached hydrogens (tertiary/aromatic N) is 1. The van der Waals surface area contributed by atoms with Gasteiger partial charge in [0.2, 0.25) is 0 Å². The Morgan fingerprint density at radius 1 is 1.43 bits per heavy atom. The van der Waals surface area contributed by atoms with Crippen molar-refractivity contribution in [3.63, 3.8) is 0 Å². The van der Waals surface area contributed by atoms with Crippen molar-refractivity contribution in [1.29, 1.82) is 0 Å². The SMILES string of the molecule is Cc1cn([C@@H]2O[C@H](CO)[C@@H](C(F)(F)F)[C@H]2O)c(=O)[nH]c1=O. The lowest BCUT2D eigenvalue weighted by Gasteiger charge is -2.22. The molecular formula is C11H13F3N2O5. The summed E-state index contributed by atoms with van der Waals surface area (Å²) in [6.45, 7) is 0.385. The maximum absolute atomic E-state index is 12.9. The molecule has 0 aromatic carbocycles. The molecule has 0 unspecified atom stereocenters. The van der Waals surface area contributed by atoms with Gasteiger partial charge in [0.05, 0.1) is 12.7 Å². The zero-order valence-electron chi connectivity index (χ0n) is 10.8. The average Bonchev–Trinajstić information content (AvgIpc) is 2.70. The molecule has 0 spiro atoms. The van der Waals surface area contributed by atoms with E-state index in [0.717, 1.165) is 6.20 Å². The fraction of sp³-hybridized carbons (Fsp3) is 0.636. The van der Waals surface area contributed by atoms with E-state index in [0.29, 0.717) is 4.57 Å². The first-order valence-corrected chi connectivity index (χ1v) is 6.00. The summed E-state index contributed by atoms with van der Waals surface area (Å²) in [6, 6.07) is 0. The van der Waals surface area contributed by atoms with Gasteiger partial charge in [0.25, 0.3) is 5.56 Å². The van der Waals surface area contributed by atoms with Crippen LogP contribution in [0.1, 0.15) is 11.8 Å². The highest BCUT2D eigenvalue weighted by Gasteiger charge is 2.57. The van der Waals surface area contributed by atoms with Gasteiger partial charge in [-0.05, 0) is 6.92 Å². The molecule has 21 heavy (non-hydrogen) atoms. The highest BCUT2D eigenvalue weighted by molar-refractivity contribution is 5.03. The van der Waals surface area contributed by atoms with Crippen LogP contribution in [0.3, 0.4) is 0 Å². The van der Waals surface area contributed by atoms with Crippen molar-refractivity contribution >= 4 is 0 Å². The molecule has 1 aliphatic heterocycles. The standard InChI is InChI=1S/C11H13F3N2O5/c1-4-2-16(10(20)15-8(4)19)9-7(18)6(11(12,13)14)5(3-17)21-9/h2,5-7,9,17-18H,3H2,1H3,(H,15,19,20)/t5-,6-,7-,9-/m1/s1. The lowest BCUT2D eigenvalue weighted by Crippen LogP contribution is -2.41. The Balaban J connectivity index is 2.45. The Hall–Kier alpha value is -1.65. The second kappa shape index (κ2) is 5.28. The van der Waals surface area contributed by atoms with Gasteiger partial charge < -0.3 is 14.9 Å². The Bertz CT molecular complexity index is 638. The van der Waals surface area contributed by atoms with Crippen molar-refractivity contribution in [3.05, 3.63) is 32.6 Å². The molecule has 10 heteroatoms. The lowest BCUT2D eigenvalue weighted by atomic mass is 9.97. The van der Waals surface area contributed by atoms with Gasteiger partial charge in [-0.15, -0.1) is 0 Å². The third-order valence-electron chi connectivity index (χ3n) is 3.35. The van der Waals surface area contributed by atoms with Crippen molar-refractivity contribution in [2.24, 2.45) is 5.92 Å². The number of aliphatic hydroxyl groups is 2. The minimum Gasteiger partial charge on any atom is -0.394 e. The molecule has 0 radical (unpaired) electrons. The van der Waals surface area contributed by atoms with Gasteiger partial charge in [-0.1, -0.05) is 0 Å². The number of nitrogens with one attached hydrogen (secondary N) is 1. The minimum atomic E-state index is -4.80. The molecule has 3 N–H and O–H groups in total. The molecule has 1 saturated heterocycles. The summed E-state index contributed by atoms with van der Waals surface area (Å²) in [6.07, 6.45) is -9.21. The molecule has 1 aromatic rings. The number of aromatic amines is 1. The molecule has 0 saturated carbocycles. The van der Waals surface area contributed by atoms with E-state index in [4.69, 9.17) is 9.84 Å². The summed E-state index contributed by atoms with van der Waals surface area (Å²) in [5.41, 5.74) is -1.62. The maximum atomic E-state index is 12.9.